The maximum Gasteiger partial charge on any atom is 0.129 e. The summed E-state index contributed by atoms with van der Waals surface area (Å²) in [5.74, 6) is 0.742. The first-order valence-corrected chi connectivity index (χ1v) is 7.88. The van der Waals surface area contributed by atoms with Gasteiger partial charge in [0.25, 0.3) is 0 Å². The molecule has 3 N–H and O–H groups in total. The third-order valence-corrected chi connectivity index (χ3v) is 4.33. The lowest BCUT2D eigenvalue weighted by molar-refractivity contribution is 0.210. The molecule has 2 rings (SSSR count). The Labute approximate surface area is 131 Å². The molecule has 1 aromatic rings. The van der Waals surface area contributed by atoms with Crippen LogP contribution in [0.15, 0.2) is 18.2 Å². The maximum absolute atomic E-state index is 8.99. The number of aliphatic hydroxyl groups is 1. The van der Waals surface area contributed by atoms with Gasteiger partial charge in [-0.2, -0.15) is 0 Å². The summed E-state index contributed by atoms with van der Waals surface area (Å²) in [5.41, 5.74) is 7.70. The highest BCUT2D eigenvalue weighted by Crippen LogP contribution is 2.26. The quantitative estimate of drug-likeness (QED) is 0.755. The van der Waals surface area contributed by atoms with Crippen LogP contribution in [0.2, 0.25) is 0 Å². The first-order chi connectivity index (χ1) is 10.2. The number of nitrogens with two attached hydrogens (primary N) is 1. The smallest absolute Gasteiger partial charge is 0.129 e. The van der Waals surface area contributed by atoms with Gasteiger partial charge >= 0.3 is 0 Å². The predicted octanol–water partition coefficient (Wildman–Crippen LogP) is 2.07. The number of likely N-dealkylation sites (tertiary alicyclic amines) is 1. The fraction of sp³-hybridized carbons (Fsp3) is 0.562. The van der Waals surface area contributed by atoms with Crippen LogP contribution in [0, 0.1) is 0 Å². The number of benzene rings is 1. The minimum Gasteiger partial charge on any atom is -0.496 e. The maximum atomic E-state index is 8.99. The van der Waals surface area contributed by atoms with Gasteiger partial charge in [-0.25, -0.2) is 0 Å². The van der Waals surface area contributed by atoms with Crippen LogP contribution in [0.1, 0.15) is 36.8 Å². The van der Waals surface area contributed by atoms with E-state index in [1.54, 1.807) is 7.11 Å². The molecule has 1 saturated heterocycles. The third-order valence-electron chi connectivity index (χ3n) is 4.11. The molecule has 1 aromatic carbocycles. The van der Waals surface area contributed by atoms with E-state index in [9.17, 15) is 0 Å². The first-order valence-electron chi connectivity index (χ1n) is 7.47. The molecule has 1 aliphatic rings. The summed E-state index contributed by atoms with van der Waals surface area (Å²) < 4.78 is 5.38. The highest BCUT2D eigenvalue weighted by molar-refractivity contribution is 7.80. The molecule has 1 fully saturated rings. The van der Waals surface area contributed by atoms with Crippen molar-refractivity contribution in [2.75, 3.05) is 20.3 Å². The van der Waals surface area contributed by atoms with Gasteiger partial charge in [-0.1, -0.05) is 18.3 Å². The Morgan fingerprint density at radius 3 is 3.00 bits per heavy atom. The predicted molar refractivity (Wildman–Crippen MR) is 88.6 cm³/mol. The van der Waals surface area contributed by atoms with Gasteiger partial charge in [0.05, 0.1) is 12.7 Å². The number of methoxy groups -OCH3 is 1. The third kappa shape index (κ3) is 4.15. The van der Waals surface area contributed by atoms with Crippen LogP contribution in [-0.2, 0) is 6.54 Å². The molecule has 21 heavy (non-hydrogen) atoms. The molecule has 0 spiro atoms. The molecular formula is C16H24N2O2S. The van der Waals surface area contributed by atoms with Crippen molar-refractivity contribution in [3.05, 3.63) is 29.3 Å². The zero-order chi connectivity index (χ0) is 15.2. The second kappa shape index (κ2) is 7.73. The van der Waals surface area contributed by atoms with Crippen molar-refractivity contribution in [2.24, 2.45) is 5.73 Å². The van der Waals surface area contributed by atoms with Crippen LogP contribution in [0.4, 0.5) is 0 Å². The Morgan fingerprint density at radius 1 is 1.52 bits per heavy atom. The first kappa shape index (κ1) is 16.2. The van der Waals surface area contributed by atoms with Crippen LogP contribution < -0.4 is 10.5 Å². The minimum atomic E-state index is 0.279. The Balaban J connectivity index is 2.06. The summed E-state index contributed by atoms with van der Waals surface area (Å²) in [6.45, 7) is 2.31. The standard InChI is InChI=1S/C16H24N2O2S/c1-20-15-10-12(6-7-14(15)16(17)21)11-18-8-2-4-13(18)5-3-9-19/h6-7,10,13,19H,2-5,8-9,11H2,1H3,(H2,17,21). The number of ether oxygens (including phenoxy) is 1. The Bertz CT molecular complexity index is 493. The molecule has 116 valence electrons. The summed E-state index contributed by atoms with van der Waals surface area (Å²) in [4.78, 5) is 2.85. The molecular weight excluding hydrogens is 284 g/mol. The van der Waals surface area contributed by atoms with Gasteiger partial charge in [0, 0.05) is 19.2 Å². The van der Waals surface area contributed by atoms with Gasteiger partial charge in [0.1, 0.15) is 10.7 Å². The van der Waals surface area contributed by atoms with Crippen molar-refractivity contribution in [1.29, 1.82) is 0 Å². The van der Waals surface area contributed by atoms with E-state index in [0.29, 0.717) is 11.0 Å². The van der Waals surface area contributed by atoms with E-state index in [-0.39, 0.29) is 6.61 Å². The normalized spacial score (nSPS) is 18.9. The number of nitrogens with zero attached hydrogens (tertiary/aromatic N) is 1. The summed E-state index contributed by atoms with van der Waals surface area (Å²) in [6, 6.07) is 6.61. The Kier molecular flexibility index (Phi) is 5.96. The van der Waals surface area contributed by atoms with Crippen LogP contribution in [-0.4, -0.2) is 41.3 Å². The van der Waals surface area contributed by atoms with Gasteiger partial charge in [0.2, 0.25) is 0 Å². The van der Waals surface area contributed by atoms with E-state index in [1.165, 1.54) is 18.4 Å². The second-order valence-corrected chi connectivity index (χ2v) is 5.97. The number of hydrogen-bond acceptors (Lipinski definition) is 4. The van der Waals surface area contributed by atoms with Gasteiger partial charge in [-0.15, -0.1) is 0 Å². The summed E-state index contributed by atoms with van der Waals surface area (Å²) in [5, 5.41) is 8.99. The number of hydrogen-bond donors (Lipinski definition) is 2. The molecule has 4 nitrogen and oxygen atoms in total. The molecule has 1 atom stereocenters. The molecule has 0 radical (unpaired) electrons. The Morgan fingerprint density at radius 2 is 2.33 bits per heavy atom. The molecule has 0 amide bonds. The van der Waals surface area contributed by atoms with Gasteiger partial charge < -0.3 is 15.6 Å². The van der Waals surface area contributed by atoms with Gasteiger partial charge in [-0.3, -0.25) is 4.90 Å². The lowest BCUT2D eigenvalue weighted by Crippen LogP contribution is -2.29. The lowest BCUT2D eigenvalue weighted by Gasteiger charge is -2.24. The SMILES string of the molecule is COc1cc(CN2CCCC2CCCO)ccc1C(N)=S. The van der Waals surface area contributed by atoms with Crippen LogP contribution in [0.25, 0.3) is 0 Å². The van der Waals surface area contributed by atoms with Crippen molar-refractivity contribution >= 4 is 17.2 Å². The van der Waals surface area contributed by atoms with Gasteiger partial charge in [0.15, 0.2) is 0 Å². The van der Waals surface area contributed by atoms with Gasteiger partial charge in [-0.05, 0) is 49.9 Å². The van der Waals surface area contributed by atoms with E-state index in [0.717, 1.165) is 37.2 Å². The fourth-order valence-electron chi connectivity index (χ4n) is 3.03. The van der Waals surface area contributed by atoms with E-state index < -0.39 is 0 Å². The van der Waals surface area contributed by atoms with Crippen molar-refractivity contribution in [1.82, 2.24) is 4.90 Å². The minimum absolute atomic E-state index is 0.279. The average molecular weight is 308 g/mol. The fourth-order valence-corrected chi connectivity index (χ4v) is 3.20. The number of thiocarbonyl (C=S) groups is 1. The zero-order valence-electron chi connectivity index (χ0n) is 12.5. The molecule has 0 aliphatic carbocycles. The van der Waals surface area contributed by atoms with Crippen LogP contribution >= 0.6 is 12.2 Å². The largest absolute Gasteiger partial charge is 0.496 e. The molecule has 0 bridgehead atoms. The highest BCUT2D eigenvalue weighted by Gasteiger charge is 2.24. The summed E-state index contributed by atoms with van der Waals surface area (Å²) >= 11 is 5.03. The van der Waals surface area contributed by atoms with E-state index in [2.05, 4.69) is 11.0 Å². The highest BCUT2D eigenvalue weighted by atomic mass is 32.1. The van der Waals surface area contributed by atoms with Crippen molar-refractivity contribution < 1.29 is 9.84 Å². The van der Waals surface area contributed by atoms with Crippen LogP contribution in [0.5, 0.6) is 5.75 Å². The van der Waals surface area contributed by atoms with E-state index >= 15 is 0 Å². The number of aliphatic hydroxyl groups excluding tert-OH is 1. The summed E-state index contributed by atoms with van der Waals surface area (Å²) in [6.07, 6.45) is 4.41. The zero-order valence-corrected chi connectivity index (χ0v) is 13.4. The molecule has 1 heterocycles. The second-order valence-electron chi connectivity index (χ2n) is 5.53. The van der Waals surface area contributed by atoms with E-state index in [1.807, 2.05) is 12.1 Å². The molecule has 1 unspecified atom stereocenters. The monoisotopic (exact) mass is 308 g/mol. The molecule has 5 heteroatoms. The van der Waals surface area contributed by atoms with E-state index in [4.69, 9.17) is 27.8 Å². The summed E-state index contributed by atoms with van der Waals surface area (Å²) in [7, 11) is 1.64. The van der Waals surface area contributed by atoms with Crippen molar-refractivity contribution in [3.8, 4) is 5.75 Å². The molecule has 0 aromatic heterocycles. The lowest BCUT2D eigenvalue weighted by atomic mass is 10.1. The Hall–Kier alpha value is -1.17. The van der Waals surface area contributed by atoms with Crippen LogP contribution in [0.3, 0.4) is 0 Å². The molecule has 0 saturated carbocycles. The number of rotatable bonds is 7. The van der Waals surface area contributed by atoms with Crippen molar-refractivity contribution in [3.63, 3.8) is 0 Å². The topological polar surface area (TPSA) is 58.7 Å². The average Bonchev–Trinajstić information content (AvgIpc) is 2.91. The van der Waals surface area contributed by atoms with Crippen molar-refractivity contribution in [2.45, 2.75) is 38.3 Å². The molecule has 1 aliphatic heterocycles.